The van der Waals surface area contributed by atoms with E-state index in [0.717, 1.165) is 24.1 Å². The predicted octanol–water partition coefficient (Wildman–Crippen LogP) is -0.144. The number of aromatic nitrogens is 3. The molecule has 2 saturated heterocycles. The van der Waals surface area contributed by atoms with Crippen LogP contribution in [0.5, 0.6) is 0 Å². The molecule has 3 rings (SSSR count). The molecule has 0 aromatic carbocycles. The van der Waals surface area contributed by atoms with Gasteiger partial charge in [0.05, 0.1) is 5.69 Å². The van der Waals surface area contributed by atoms with Crippen molar-refractivity contribution in [1.29, 1.82) is 0 Å². The van der Waals surface area contributed by atoms with Crippen LogP contribution in [0.1, 0.15) is 12.1 Å². The maximum absolute atomic E-state index is 4.15. The topological polar surface area (TPSA) is 46.0 Å². The fraction of sp³-hybridized carbons (Fsp3) is 0.818. The van der Waals surface area contributed by atoms with E-state index in [1.54, 1.807) is 4.68 Å². The zero-order chi connectivity index (χ0) is 11.0. The molecule has 2 unspecified atom stereocenters. The molecule has 0 radical (unpaired) electrons. The Kier molecular flexibility index (Phi) is 2.65. The third kappa shape index (κ3) is 1.97. The molecule has 0 bridgehead atoms. The standard InChI is InChI=1S/C11H19N5/c1-15-7-11(13-14-15)8-16-3-2-9-4-12-5-10(9)6-16/h7,9-10,12H,2-6,8H2,1H3. The molecule has 2 atom stereocenters. The van der Waals surface area contributed by atoms with Crippen molar-refractivity contribution < 1.29 is 0 Å². The third-order valence-corrected chi connectivity index (χ3v) is 3.82. The van der Waals surface area contributed by atoms with Gasteiger partial charge in [-0.1, -0.05) is 5.21 Å². The highest BCUT2D eigenvalue weighted by molar-refractivity contribution is 4.94. The molecule has 2 fully saturated rings. The Hall–Kier alpha value is -0.940. The van der Waals surface area contributed by atoms with Gasteiger partial charge < -0.3 is 5.32 Å². The minimum absolute atomic E-state index is 0.852. The molecule has 88 valence electrons. The molecule has 0 saturated carbocycles. The Morgan fingerprint density at radius 2 is 2.31 bits per heavy atom. The summed E-state index contributed by atoms with van der Waals surface area (Å²) in [5, 5.41) is 11.6. The lowest BCUT2D eigenvalue weighted by Gasteiger charge is -2.33. The van der Waals surface area contributed by atoms with Crippen molar-refractivity contribution in [3.63, 3.8) is 0 Å². The molecule has 16 heavy (non-hydrogen) atoms. The van der Waals surface area contributed by atoms with Crippen LogP contribution in [0.25, 0.3) is 0 Å². The minimum Gasteiger partial charge on any atom is -0.316 e. The van der Waals surface area contributed by atoms with Gasteiger partial charge in [-0.25, -0.2) is 0 Å². The monoisotopic (exact) mass is 221 g/mol. The molecular formula is C11H19N5. The first-order chi connectivity index (χ1) is 7.81. The van der Waals surface area contributed by atoms with Crippen LogP contribution in [0, 0.1) is 11.8 Å². The Bertz CT molecular complexity index is 361. The first kappa shape index (κ1) is 10.2. The molecular weight excluding hydrogens is 202 g/mol. The summed E-state index contributed by atoms with van der Waals surface area (Å²) in [5.41, 5.74) is 1.09. The number of nitrogens with one attached hydrogen (secondary N) is 1. The normalized spacial score (nSPS) is 30.6. The van der Waals surface area contributed by atoms with Gasteiger partial charge in [-0.15, -0.1) is 5.10 Å². The summed E-state index contributed by atoms with van der Waals surface area (Å²) < 4.78 is 1.78. The molecule has 1 aromatic rings. The number of fused-ring (bicyclic) bond motifs is 1. The van der Waals surface area contributed by atoms with Gasteiger partial charge in [-0.3, -0.25) is 9.58 Å². The first-order valence-electron chi connectivity index (χ1n) is 6.09. The summed E-state index contributed by atoms with van der Waals surface area (Å²) in [4.78, 5) is 2.51. The lowest BCUT2D eigenvalue weighted by Crippen LogP contribution is -2.39. The SMILES string of the molecule is Cn1cc(CN2CCC3CNCC3C2)nn1. The van der Waals surface area contributed by atoms with Crippen molar-refractivity contribution >= 4 is 0 Å². The molecule has 1 N–H and O–H groups in total. The number of aryl methyl sites for hydroxylation is 1. The average Bonchev–Trinajstić information content (AvgIpc) is 2.87. The second kappa shape index (κ2) is 4.14. The average molecular weight is 221 g/mol. The number of likely N-dealkylation sites (tertiary alicyclic amines) is 1. The Morgan fingerprint density at radius 3 is 3.12 bits per heavy atom. The van der Waals surface area contributed by atoms with Crippen molar-refractivity contribution in [2.24, 2.45) is 18.9 Å². The Morgan fingerprint density at radius 1 is 1.44 bits per heavy atom. The van der Waals surface area contributed by atoms with E-state index in [2.05, 4.69) is 20.5 Å². The van der Waals surface area contributed by atoms with Gasteiger partial charge >= 0.3 is 0 Å². The predicted molar refractivity (Wildman–Crippen MR) is 60.7 cm³/mol. The van der Waals surface area contributed by atoms with Gasteiger partial charge in [0.25, 0.3) is 0 Å². The number of rotatable bonds is 2. The number of hydrogen-bond acceptors (Lipinski definition) is 4. The van der Waals surface area contributed by atoms with Gasteiger partial charge in [0.1, 0.15) is 0 Å². The molecule has 3 heterocycles. The highest BCUT2D eigenvalue weighted by atomic mass is 15.4. The molecule has 5 heteroatoms. The van der Waals surface area contributed by atoms with E-state index in [0.29, 0.717) is 0 Å². The maximum Gasteiger partial charge on any atom is 0.0967 e. The molecule has 2 aliphatic rings. The van der Waals surface area contributed by atoms with Crippen LogP contribution < -0.4 is 5.32 Å². The van der Waals surface area contributed by atoms with E-state index in [1.165, 1.54) is 32.6 Å². The van der Waals surface area contributed by atoms with Crippen LogP contribution in [0.2, 0.25) is 0 Å². The van der Waals surface area contributed by atoms with Crippen molar-refractivity contribution in [3.05, 3.63) is 11.9 Å². The molecule has 1 aromatic heterocycles. The van der Waals surface area contributed by atoms with Crippen LogP contribution in [-0.4, -0.2) is 46.1 Å². The summed E-state index contributed by atoms with van der Waals surface area (Å²) in [6, 6.07) is 0. The van der Waals surface area contributed by atoms with Crippen molar-refractivity contribution in [1.82, 2.24) is 25.2 Å². The Labute approximate surface area is 95.8 Å². The maximum atomic E-state index is 4.15. The van der Waals surface area contributed by atoms with Crippen LogP contribution in [-0.2, 0) is 13.6 Å². The number of piperidine rings is 1. The smallest absolute Gasteiger partial charge is 0.0967 e. The van der Waals surface area contributed by atoms with E-state index < -0.39 is 0 Å². The number of nitrogens with zero attached hydrogens (tertiary/aromatic N) is 4. The van der Waals surface area contributed by atoms with Crippen LogP contribution >= 0.6 is 0 Å². The van der Waals surface area contributed by atoms with E-state index in [1.807, 2.05) is 13.2 Å². The van der Waals surface area contributed by atoms with Crippen LogP contribution in [0.4, 0.5) is 0 Å². The van der Waals surface area contributed by atoms with Crippen LogP contribution in [0.3, 0.4) is 0 Å². The molecule has 5 nitrogen and oxygen atoms in total. The zero-order valence-corrected chi connectivity index (χ0v) is 9.76. The third-order valence-electron chi connectivity index (χ3n) is 3.82. The second-order valence-corrected chi connectivity index (χ2v) is 5.09. The number of hydrogen-bond donors (Lipinski definition) is 1. The molecule has 2 aliphatic heterocycles. The van der Waals surface area contributed by atoms with Crippen molar-refractivity contribution in [2.45, 2.75) is 13.0 Å². The summed E-state index contributed by atoms with van der Waals surface area (Å²) in [7, 11) is 1.92. The lowest BCUT2D eigenvalue weighted by molar-refractivity contribution is 0.141. The van der Waals surface area contributed by atoms with Crippen LogP contribution in [0.15, 0.2) is 6.20 Å². The van der Waals surface area contributed by atoms with Crippen molar-refractivity contribution in [3.8, 4) is 0 Å². The second-order valence-electron chi connectivity index (χ2n) is 5.09. The Balaban J connectivity index is 1.60. The summed E-state index contributed by atoms with van der Waals surface area (Å²) in [5.74, 6) is 1.77. The molecule has 0 amide bonds. The van der Waals surface area contributed by atoms with E-state index >= 15 is 0 Å². The highest BCUT2D eigenvalue weighted by Crippen LogP contribution is 2.26. The fourth-order valence-electron chi connectivity index (χ4n) is 2.95. The minimum atomic E-state index is 0.852. The fourth-order valence-corrected chi connectivity index (χ4v) is 2.95. The largest absolute Gasteiger partial charge is 0.316 e. The van der Waals surface area contributed by atoms with Gasteiger partial charge in [-0.05, 0) is 37.9 Å². The molecule has 0 spiro atoms. The van der Waals surface area contributed by atoms with E-state index in [4.69, 9.17) is 0 Å². The van der Waals surface area contributed by atoms with Crippen molar-refractivity contribution in [2.75, 3.05) is 26.2 Å². The quantitative estimate of drug-likeness (QED) is 0.755. The summed E-state index contributed by atoms with van der Waals surface area (Å²) >= 11 is 0. The zero-order valence-electron chi connectivity index (χ0n) is 9.76. The highest BCUT2D eigenvalue weighted by Gasteiger charge is 2.32. The van der Waals surface area contributed by atoms with Gasteiger partial charge in [0, 0.05) is 26.3 Å². The van der Waals surface area contributed by atoms with Gasteiger partial charge in [0.2, 0.25) is 0 Å². The summed E-state index contributed by atoms with van der Waals surface area (Å²) in [6.45, 7) is 5.80. The summed E-state index contributed by atoms with van der Waals surface area (Å²) in [6.07, 6.45) is 3.34. The van der Waals surface area contributed by atoms with Gasteiger partial charge in [-0.2, -0.15) is 0 Å². The lowest BCUT2D eigenvalue weighted by atomic mass is 9.89. The van der Waals surface area contributed by atoms with Gasteiger partial charge in [0.15, 0.2) is 0 Å². The van der Waals surface area contributed by atoms with E-state index in [-0.39, 0.29) is 0 Å². The van der Waals surface area contributed by atoms with E-state index in [9.17, 15) is 0 Å². The first-order valence-corrected chi connectivity index (χ1v) is 6.09. The molecule has 0 aliphatic carbocycles.